The first kappa shape index (κ1) is 28.2. The standard InChI is InChI=1S/C28H40N4O5/c1-20-23(21(2)37-29-20)15-16-26(33)30(3)18-10-13-24-28(35)31(4)17-9-8-12-22-11-6-7-14-25(22)36-19-27(34)32(24)5/h6-7,11,14,24H,8-10,12-13,15-19H2,1-5H3/t24-/m0/s1. The highest BCUT2D eigenvalue weighted by molar-refractivity contribution is 5.88. The second kappa shape index (κ2) is 13.3. The largest absolute Gasteiger partial charge is 0.483 e. The van der Waals surface area contributed by atoms with Crippen LogP contribution in [0, 0.1) is 13.8 Å². The number of nitrogens with zero attached hydrogens (tertiary/aromatic N) is 4. The summed E-state index contributed by atoms with van der Waals surface area (Å²) in [6, 6.07) is 7.17. The highest BCUT2D eigenvalue weighted by Gasteiger charge is 2.29. The van der Waals surface area contributed by atoms with E-state index in [2.05, 4.69) is 5.16 Å². The lowest BCUT2D eigenvalue weighted by atomic mass is 10.1. The minimum absolute atomic E-state index is 0.0230. The first-order valence-corrected chi connectivity index (χ1v) is 13.1. The van der Waals surface area contributed by atoms with Gasteiger partial charge >= 0.3 is 0 Å². The molecule has 9 nitrogen and oxygen atoms in total. The smallest absolute Gasteiger partial charge is 0.260 e. The molecule has 0 aliphatic carbocycles. The number of fused-ring (bicyclic) bond motifs is 1. The highest BCUT2D eigenvalue weighted by Crippen LogP contribution is 2.21. The Morgan fingerprint density at radius 2 is 1.92 bits per heavy atom. The Morgan fingerprint density at radius 1 is 1.16 bits per heavy atom. The van der Waals surface area contributed by atoms with Crippen LogP contribution in [0.2, 0.25) is 0 Å². The van der Waals surface area contributed by atoms with Gasteiger partial charge in [-0.3, -0.25) is 14.4 Å². The van der Waals surface area contributed by atoms with Crippen LogP contribution >= 0.6 is 0 Å². The number of aryl methyl sites for hydroxylation is 3. The van der Waals surface area contributed by atoms with Crippen molar-refractivity contribution in [3.63, 3.8) is 0 Å². The molecule has 0 N–H and O–H groups in total. The average molecular weight is 513 g/mol. The Bertz CT molecular complexity index is 1060. The summed E-state index contributed by atoms with van der Waals surface area (Å²) in [5.41, 5.74) is 2.86. The van der Waals surface area contributed by atoms with Crippen molar-refractivity contribution in [3.05, 3.63) is 46.8 Å². The number of likely N-dealkylation sites (N-methyl/N-ethyl adjacent to an activating group) is 2. The van der Waals surface area contributed by atoms with Crippen LogP contribution in [0.25, 0.3) is 0 Å². The molecule has 3 amide bonds. The van der Waals surface area contributed by atoms with Crippen LogP contribution in [0.3, 0.4) is 0 Å². The van der Waals surface area contributed by atoms with Crippen LogP contribution in [0.1, 0.15) is 54.7 Å². The lowest BCUT2D eigenvalue weighted by molar-refractivity contribution is -0.145. The molecule has 0 fully saturated rings. The first-order chi connectivity index (χ1) is 17.7. The lowest BCUT2D eigenvalue weighted by Crippen LogP contribution is -2.50. The predicted octanol–water partition coefficient (Wildman–Crippen LogP) is 3.16. The SMILES string of the molecule is Cc1noc(C)c1CCC(=O)N(C)CCC[C@H]1C(=O)N(C)CCCCc2ccccc2OCC(=O)N1C. The van der Waals surface area contributed by atoms with E-state index in [0.29, 0.717) is 38.8 Å². The van der Waals surface area contributed by atoms with Gasteiger partial charge in [-0.25, -0.2) is 0 Å². The summed E-state index contributed by atoms with van der Waals surface area (Å²) in [6.45, 7) is 4.73. The molecule has 9 heteroatoms. The van der Waals surface area contributed by atoms with Crippen molar-refractivity contribution in [2.24, 2.45) is 0 Å². The highest BCUT2D eigenvalue weighted by atomic mass is 16.5. The number of hydrogen-bond acceptors (Lipinski definition) is 6. The third-order valence-corrected chi connectivity index (χ3v) is 7.20. The zero-order valence-corrected chi connectivity index (χ0v) is 22.8. The Kier molecular flexibility index (Phi) is 10.1. The van der Waals surface area contributed by atoms with Crippen molar-refractivity contribution in [2.75, 3.05) is 40.8 Å². The molecule has 202 valence electrons. The van der Waals surface area contributed by atoms with E-state index >= 15 is 0 Å². The van der Waals surface area contributed by atoms with Crippen LogP contribution < -0.4 is 4.74 Å². The first-order valence-electron chi connectivity index (χ1n) is 13.1. The summed E-state index contributed by atoms with van der Waals surface area (Å²) in [6.07, 6.45) is 4.62. The molecule has 2 aromatic rings. The van der Waals surface area contributed by atoms with Gasteiger partial charge in [0.25, 0.3) is 5.91 Å². The van der Waals surface area contributed by atoms with Crippen LogP contribution in [0.5, 0.6) is 5.75 Å². The van der Waals surface area contributed by atoms with Gasteiger partial charge in [-0.15, -0.1) is 0 Å². The van der Waals surface area contributed by atoms with Crippen molar-refractivity contribution < 1.29 is 23.6 Å². The number of para-hydroxylation sites is 1. The van der Waals surface area contributed by atoms with E-state index in [4.69, 9.17) is 9.26 Å². The molecule has 1 aliphatic heterocycles. The number of ether oxygens (including phenoxy) is 1. The van der Waals surface area contributed by atoms with Crippen LogP contribution in [-0.2, 0) is 27.2 Å². The fourth-order valence-electron chi connectivity index (χ4n) is 4.71. The molecule has 0 saturated carbocycles. The van der Waals surface area contributed by atoms with Crippen molar-refractivity contribution in [3.8, 4) is 5.75 Å². The molecular weight excluding hydrogens is 472 g/mol. The molecule has 0 saturated heterocycles. The van der Waals surface area contributed by atoms with Gasteiger partial charge in [-0.05, 0) is 64.0 Å². The molecule has 2 heterocycles. The number of benzene rings is 1. The lowest BCUT2D eigenvalue weighted by Gasteiger charge is -2.31. The second-order valence-corrected chi connectivity index (χ2v) is 9.89. The van der Waals surface area contributed by atoms with E-state index in [0.717, 1.165) is 47.6 Å². The maximum atomic E-state index is 13.3. The number of hydrogen-bond donors (Lipinski definition) is 0. The summed E-state index contributed by atoms with van der Waals surface area (Å²) in [4.78, 5) is 43.9. The van der Waals surface area contributed by atoms with Gasteiger partial charge in [0.1, 0.15) is 17.6 Å². The number of rotatable bonds is 7. The third kappa shape index (κ3) is 7.57. The predicted molar refractivity (Wildman–Crippen MR) is 140 cm³/mol. The fourth-order valence-corrected chi connectivity index (χ4v) is 4.71. The summed E-state index contributed by atoms with van der Waals surface area (Å²) < 4.78 is 11.0. The quantitative estimate of drug-likeness (QED) is 0.566. The average Bonchev–Trinajstić information content (AvgIpc) is 3.21. The maximum Gasteiger partial charge on any atom is 0.260 e. The normalized spacial score (nSPS) is 17.4. The van der Waals surface area contributed by atoms with E-state index in [1.165, 1.54) is 4.90 Å². The van der Waals surface area contributed by atoms with Gasteiger partial charge in [-0.1, -0.05) is 23.4 Å². The van der Waals surface area contributed by atoms with E-state index in [1.54, 1.807) is 30.9 Å². The van der Waals surface area contributed by atoms with E-state index in [9.17, 15) is 14.4 Å². The Hall–Kier alpha value is -3.36. The molecule has 1 aromatic carbocycles. The summed E-state index contributed by atoms with van der Waals surface area (Å²) in [5, 5.41) is 3.94. The number of carbonyl (C=O) groups excluding carboxylic acids is 3. The summed E-state index contributed by atoms with van der Waals surface area (Å²) >= 11 is 0. The molecule has 1 aromatic heterocycles. The van der Waals surface area contributed by atoms with Gasteiger partial charge in [0.15, 0.2) is 6.61 Å². The van der Waals surface area contributed by atoms with Gasteiger partial charge < -0.3 is 24.0 Å². The zero-order valence-electron chi connectivity index (χ0n) is 22.8. The Labute approximate surface area is 219 Å². The number of aromatic nitrogens is 1. The number of carbonyl (C=O) groups is 3. The second-order valence-electron chi connectivity index (χ2n) is 9.89. The molecule has 0 bridgehead atoms. The van der Waals surface area contributed by atoms with E-state index in [1.807, 2.05) is 38.1 Å². The summed E-state index contributed by atoms with van der Waals surface area (Å²) in [7, 11) is 5.22. The fraction of sp³-hybridized carbons (Fsp3) is 0.571. The van der Waals surface area contributed by atoms with Gasteiger partial charge in [-0.2, -0.15) is 0 Å². The summed E-state index contributed by atoms with van der Waals surface area (Å²) in [5.74, 6) is 1.16. The van der Waals surface area contributed by atoms with E-state index < -0.39 is 6.04 Å². The topological polar surface area (TPSA) is 96.2 Å². The van der Waals surface area contributed by atoms with E-state index in [-0.39, 0.29) is 24.3 Å². The van der Waals surface area contributed by atoms with Crippen LogP contribution in [0.4, 0.5) is 0 Å². The monoisotopic (exact) mass is 512 g/mol. The van der Waals surface area contributed by atoms with Crippen molar-refractivity contribution in [1.29, 1.82) is 0 Å². The molecule has 1 aliphatic rings. The molecule has 1 atom stereocenters. The van der Waals surface area contributed by atoms with Crippen molar-refractivity contribution in [1.82, 2.24) is 19.9 Å². The molecule has 0 unspecified atom stereocenters. The molecular formula is C28H40N4O5. The third-order valence-electron chi connectivity index (χ3n) is 7.20. The Balaban J connectivity index is 1.59. The minimum Gasteiger partial charge on any atom is -0.483 e. The van der Waals surface area contributed by atoms with Crippen molar-refractivity contribution in [2.45, 2.75) is 64.8 Å². The molecule has 0 spiro atoms. The minimum atomic E-state index is -0.608. The van der Waals surface area contributed by atoms with Crippen LogP contribution in [-0.4, -0.2) is 84.5 Å². The molecule has 0 radical (unpaired) electrons. The number of amides is 3. The van der Waals surface area contributed by atoms with Gasteiger partial charge in [0, 0.05) is 46.2 Å². The molecule has 37 heavy (non-hydrogen) atoms. The molecule has 3 rings (SSSR count). The van der Waals surface area contributed by atoms with Crippen molar-refractivity contribution >= 4 is 17.7 Å². The van der Waals surface area contributed by atoms with Gasteiger partial charge in [0.2, 0.25) is 11.8 Å². The zero-order chi connectivity index (χ0) is 26.9. The maximum absolute atomic E-state index is 13.3. The Morgan fingerprint density at radius 3 is 2.65 bits per heavy atom. The van der Waals surface area contributed by atoms with Crippen LogP contribution in [0.15, 0.2) is 28.8 Å². The van der Waals surface area contributed by atoms with Gasteiger partial charge in [0.05, 0.1) is 5.69 Å².